The molecule has 4 aliphatic rings. The fraction of sp³-hybridized carbons (Fsp3) is 0.944. The lowest BCUT2D eigenvalue weighted by Gasteiger charge is -2.63. The van der Waals surface area contributed by atoms with Crippen LogP contribution in [-0.2, 0) is 4.74 Å². The minimum absolute atomic E-state index is 0. The molecule has 0 amide bonds. The van der Waals surface area contributed by atoms with Crippen LogP contribution >= 0.6 is 24.0 Å². The Hall–Kier alpha value is -0.0400. The van der Waals surface area contributed by atoms with Gasteiger partial charge < -0.3 is 15.0 Å². The summed E-state index contributed by atoms with van der Waals surface area (Å²) < 4.78 is 6.05. The molecule has 5 heteroatoms. The third-order valence-corrected chi connectivity index (χ3v) is 6.59. The number of aliphatic imine (C=N–C) groups is 1. The molecule has 4 nitrogen and oxygen atoms in total. The molecule has 4 rings (SSSR count). The Morgan fingerprint density at radius 2 is 2.13 bits per heavy atom. The van der Waals surface area contributed by atoms with Crippen LogP contribution in [0.4, 0.5) is 0 Å². The van der Waals surface area contributed by atoms with Crippen molar-refractivity contribution in [2.75, 3.05) is 26.2 Å². The number of halogens is 1. The predicted molar refractivity (Wildman–Crippen MR) is 104 cm³/mol. The van der Waals surface area contributed by atoms with Crippen molar-refractivity contribution in [2.45, 2.75) is 64.5 Å². The van der Waals surface area contributed by atoms with E-state index in [-0.39, 0.29) is 24.0 Å². The molecule has 0 aromatic heterocycles. The summed E-state index contributed by atoms with van der Waals surface area (Å²) in [7, 11) is 0. The molecule has 4 atom stereocenters. The lowest BCUT2D eigenvalue weighted by molar-refractivity contribution is -0.171. The first kappa shape index (κ1) is 17.8. The first-order valence-electron chi connectivity index (χ1n) is 9.42. The van der Waals surface area contributed by atoms with Gasteiger partial charge in [-0.05, 0) is 44.9 Å². The average molecular weight is 433 g/mol. The van der Waals surface area contributed by atoms with Gasteiger partial charge in [-0.1, -0.05) is 13.3 Å². The average Bonchev–Trinajstić information content (AvgIpc) is 2.87. The normalized spacial score (nSPS) is 38.3. The summed E-state index contributed by atoms with van der Waals surface area (Å²) in [5.41, 5.74) is 0.442. The van der Waals surface area contributed by atoms with Gasteiger partial charge in [-0.15, -0.1) is 24.0 Å². The van der Waals surface area contributed by atoms with Crippen LogP contribution in [0, 0.1) is 17.3 Å². The lowest BCUT2D eigenvalue weighted by atomic mass is 9.46. The van der Waals surface area contributed by atoms with E-state index in [9.17, 15) is 0 Å². The molecule has 2 aliphatic carbocycles. The number of guanidine groups is 1. The highest BCUT2D eigenvalue weighted by Gasteiger charge is 2.66. The third kappa shape index (κ3) is 2.90. The molecule has 23 heavy (non-hydrogen) atoms. The van der Waals surface area contributed by atoms with Gasteiger partial charge in [-0.3, -0.25) is 4.99 Å². The SMILES string of the molecule is CCN=C(NC1C2CCOC2C12CCC2)N1CCCC(C)C1.I. The van der Waals surface area contributed by atoms with Gasteiger partial charge in [-0.2, -0.15) is 0 Å². The van der Waals surface area contributed by atoms with Gasteiger partial charge in [0.25, 0.3) is 0 Å². The Kier molecular flexibility index (Phi) is 5.46. The Labute approximate surface area is 157 Å². The maximum atomic E-state index is 6.05. The number of fused-ring (bicyclic) bond motifs is 2. The van der Waals surface area contributed by atoms with Crippen LogP contribution in [0.5, 0.6) is 0 Å². The molecule has 2 saturated carbocycles. The molecular weight excluding hydrogens is 401 g/mol. The van der Waals surface area contributed by atoms with Gasteiger partial charge in [0, 0.05) is 43.6 Å². The standard InChI is InChI=1S/C18H31N3O.HI/c1-3-19-17(21-10-4-6-13(2)12-21)20-15-14-7-11-22-16(14)18(15)8-5-9-18;/h13-16H,3-12H2,1-2H3,(H,19,20);1H. The molecule has 0 radical (unpaired) electrons. The number of likely N-dealkylation sites (tertiary alicyclic amines) is 1. The highest BCUT2D eigenvalue weighted by atomic mass is 127. The maximum Gasteiger partial charge on any atom is 0.194 e. The van der Waals surface area contributed by atoms with Gasteiger partial charge in [0.05, 0.1) is 6.10 Å². The first-order chi connectivity index (χ1) is 10.7. The van der Waals surface area contributed by atoms with Crippen LogP contribution in [0.3, 0.4) is 0 Å². The monoisotopic (exact) mass is 433 g/mol. The molecule has 2 saturated heterocycles. The molecule has 2 heterocycles. The zero-order valence-electron chi connectivity index (χ0n) is 14.6. The lowest BCUT2D eigenvalue weighted by Crippen LogP contribution is -2.72. The van der Waals surface area contributed by atoms with Crippen molar-refractivity contribution in [3.05, 3.63) is 0 Å². The number of nitrogens with zero attached hydrogens (tertiary/aromatic N) is 2. The molecule has 0 aromatic rings. The molecule has 2 aliphatic heterocycles. The molecular formula is C18H32IN3O. The van der Waals surface area contributed by atoms with Crippen molar-refractivity contribution in [3.63, 3.8) is 0 Å². The Morgan fingerprint density at radius 1 is 1.30 bits per heavy atom. The van der Waals surface area contributed by atoms with Gasteiger partial charge in [0.15, 0.2) is 5.96 Å². The zero-order valence-corrected chi connectivity index (χ0v) is 16.9. The largest absolute Gasteiger partial charge is 0.377 e. The molecule has 0 aromatic carbocycles. The molecule has 1 N–H and O–H groups in total. The van der Waals surface area contributed by atoms with Gasteiger partial charge in [-0.25, -0.2) is 0 Å². The van der Waals surface area contributed by atoms with Crippen LogP contribution in [0.1, 0.15) is 52.4 Å². The van der Waals surface area contributed by atoms with E-state index in [1.807, 2.05) is 0 Å². The second kappa shape index (κ2) is 7.06. The highest BCUT2D eigenvalue weighted by Crippen LogP contribution is 2.62. The topological polar surface area (TPSA) is 36.9 Å². The van der Waals surface area contributed by atoms with E-state index in [2.05, 4.69) is 24.1 Å². The Balaban J connectivity index is 0.00000156. The summed E-state index contributed by atoms with van der Waals surface area (Å²) in [5.74, 6) is 2.69. The Bertz CT molecular complexity index is 452. The first-order valence-corrected chi connectivity index (χ1v) is 9.42. The molecule has 0 bridgehead atoms. The van der Waals surface area contributed by atoms with Gasteiger partial charge >= 0.3 is 0 Å². The van der Waals surface area contributed by atoms with E-state index < -0.39 is 0 Å². The molecule has 4 unspecified atom stereocenters. The summed E-state index contributed by atoms with van der Waals surface area (Å²) in [6.07, 6.45) is 8.52. The van der Waals surface area contributed by atoms with Crippen LogP contribution in [0.25, 0.3) is 0 Å². The minimum Gasteiger partial charge on any atom is -0.377 e. The van der Waals surface area contributed by atoms with Gasteiger partial charge in [0.1, 0.15) is 0 Å². The van der Waals surface area contributed by atoms with Crippen molar-refractivity contribution in [1.82, 2.24) is 10.2 Å². The van der Waals surface area contributed by atoms with Crippen molar-refractivity contribution >= 4 is 29.9 Å². The van der Waals surface area contributed by atoms with Gasteiger partial charge in [0.2, 0.25) is 0 Å². The summed E-state index contributed by atoms with van der Waals surface area (Å²) in [4.78, 5) is 7.34. The minimum atomic E-state index is 0. The molecule has 132 valence electrons. The number of rotatable bonds is 2. The third-order valence-electron chi connectivity index (χ3n) is 6.59. The summed E-state index contributed by atoms with van der Waals surface area (Å²) in [5, 5.41) is 3.90. The fourth-order valence-corrected chi connectivity index (χ4v) is 5.36. The fourth-order valence-electron chi connectivity index (χ4n) is 5.36. The Morgan fingerprint density at radius 3 is 2.78 bits per heavy atom. The second-order valence-corrected chi connectivity index (χ2v) is 7.94. The van der Waals surface area contributed by atoms with Crippen molar-refractivity contribution in [2.24, 2.45) is 22.2 Å². The van der Waals surface area contributed by atoms with Crippen LogP contribution in [0.15, 0.2) is 4.99 Å². The zero-order chi connectivity index (χ0) is 15.2. The van der Waals surface area contributed by atoms with Crippen molar-refractivity contribution in [3.8, 4) is 0 Å². The van der Waals surface area contributed by atoms with E-state index >= 15 is 0 Å². The molecule has 1 spiro atoms. The smallest absolute Gasteiger partial charge is 0.194 e. The number of piperidine rings is 1. The van der Waals surface area contributed by atoms with E-state index in [0.717, 1.165) is 31.5 Å². The van der Waals surface area contributed by atoms with Crippen LogP contribution in [0.2, 0.25) is 0 Å². The van der Waals surface area contributed by atoms with Crippen molar-refractivity contribution < 1.29 is 4.74 Å². The second-order valence-electron chi connectivity index (χ2n) is 7.94. The summed E-state index contributed by atoms with van der Waals surface area (Å²) in [6.45, 7) is 8.69. The van der Waals surface area contributed by atoms with Crippen LogP contribution < -0.4 is 5.32 Å². The maximum absolute atomic E-state index is 6.05. The highest BCUT2D eigenvalue weighted by molar-refractivity contribution is 14.0. The van der Waals surface area contributed by atoms with E-state index in [0.29, 0.717) is 17.6 Å². The van der Waals surface area contributed by atoms with Crippen molar-refractivity contribution in [1.29, 1.82) is 0 Å². The summed E-state index contributed by atoms with van der Waals surface area (Å²) >= 11 is 0. The van der Waals surface area contributed by atoms with E-state index in [4.69, 9.17) is 9.73 Å². The van der Waals surface area contributed by atoms with Crippen LogP contribution in [-0.4, -0.2) is 49.2 Å². The quantitative estimate of drug-likeness (QED) is 0.413. The summed E-state index contributed by atoms with van der Waals surface area (Å²) in [6, 6.07) is 0.608. The number of ether oxygens (including phenoxy) is 1. The number of hydrogen-bond donors (Lipinski definition) is 1. The predicted octanol–water partition coefficient (Wildman–Crippen LogP) is 3.26. The number of hydrogen-bond acceptors (Lipinski definition) is 2. The number of nitrogens with one attached hydrogen (secondary N) is 1. The molecule has 4 fully saturated rings. The van der Waals surface area contributed by atoms with E-state index in [1.54, 1.807) is 0 Å². The van der Waals surface area contributed by atoms with E-state index in [1.165, 1.54) is 51.0 Å².